The Morgan fingerprint density at radius 1 is 0.593 bits per heavy atom. The lowest BCUT2D eigenvalue weighted by atomic mass is 10.0. The summed E-state index contributed by atoms with van der Waals surface area (Å²) >= 11 is 0. The first-order valence-corrected chi connectivity index (χ1v) is 12.3. The van der Waals surface area contributed by atoms with Gasteiger partial charge in [0, 0.05) is 6.42 Å². The summed E-state index contributed by atoms with van der Waals surface area (Å²) in [6.45, 7) is 3.96. The van der Waals surface area contributed by atoms with Crippen molar-refractivity contribution < 1.29 is 9.90 Å². The number of aliphatic hydroxyl groups is 1. The first kappa shape index (κ1) is 26.6. The lowest BCUT2D eigenvalue weighted by Gasteiger charge is -2.10. The van der Waals surface area contributed by atoms with E-state index in [4.69, 9.17) is 0 Å². The second-order valence-corrected chi connectivity index (χ2v) is 8.69. The first-order chi connectivity index (χ1) is 13.2. The van der Waals surface area contributed by atoms with Crippen LogP contribution in [0.25, 0.3) is 0 Å². The fourth-order valence-corrected chi connectivity index (χ4v) is 3.83. The predicted molar refractivity (Wildman–Crippen MR) is 119 cm³/mol. The van der Waals surface area contributed by atoms with E-state index < -0.39 is 0 Å². The minimum atomic E-state index is -0.0555. The summed E-state index contributed by atoms with van der Waals surface area (Å²) in [5.41, 5.74) is 0. The number of Topliss-reactive ketones (excluding diaryl/α,β-unsaturated/α-hetero) is 1. The molecule has 1 N–H and O–H groups in total. The molecule has 0 aliphatic carbocycles. The molecule has 0 aromatic heterocycles. The molecular formula is C25H50O2. The number of carbonyl (C=O) groups excluding carboxylic acids is 1. The van der Waals surface area contributed by atoms with E-state index in [1.165, 1.54) is 109 Å². The number of carbonyl (C=O) groups is 1. The van der Waals surface area contributed by atoms with Crippen LogP contribution in [0.5, 0.6) is 0 Å². The van der Waals surface area contributed by atoms with E-state index in [2.05, 4.69) is 6.92 Å². The molecule has 0 rings (SSSR count). The third-order valence-electron chi connectivity index (χ3n) is 5.71. The Hall–Kier alpha value is -0.370. The number of rotatable bonds is 22. The Morgan fingerprint density at radius 3 is 1.30 bits per heavy atom. The largest absolute Gasteiger partial charge is 0.393 e. The molecule has 0 saturated heterocycles. The molecule has 1 unspecified atom stereocenters. The highest BCUT2D eigenvalue weighted by molar-refractivity contribution is 5.75. The molecular weight excluding hydrogens is 332 g/mol. The Kier molecular flexibility index (Phi) is 21.6. The van der Waals surface area contributed by atoms with Crippen molar-refractivity contribution in [3.8, 4) is 0 Å². The number of ketones is 1. The molecule has 0 heterocycles. The summed E-state index contributed by atoms with van der Waals surface area (Å²) in [5.74, 6) is 0.331. The molecule has 0 aliphatic rings. The molecule has 0 amide bonds. The standard InChI is InChI=1S/C25H50O2/c1-3-4-5-6-7-13-16-19-22-25(27)23-20-17-14-11-9-8-10-12-15-18-21-24(2)26/h25,27H,3-23H2,1-2H3. The fraction of sp³-hybridized carbons (Fsp3) is 0.960. The van der Waals surface area contributed by atoms with Crippen LogP contribution < -0.4 is 0 Å². The number of aliphatic hydroxyl groups excluding tert-OH is 1. The van der Waals surface area contributed by atoms with Gasteiger partial charge in [0.1, 0.15) is 5.78 Å². The highest BCUT2D eigenvalue weighted by atomic mass is 16.3. The van der Waals surface area contributed by atoms with Gasteiger partial charge in [-0.1, -0.05) is 116 Å². The minimum absolute atomic E-state index is 0.0555. The van der Waals surface area contributed by atoms with Gasteiger partial charge in [-0.2, -0.15) is 0 Å². The van der Waals surface area contributed by atoms with Crippen molar-refractivity contribution in [1.82, 2.24) is 0 Å². The van der Waals surface area contributed by atoms with Crippen molar-refractivity contribution in [2.24, 2.45) is 0 Å². The zero-order valence-corrected chi connectivity index (χ0v) is 18.8. The summed E-state index contributed by atoms with van der Waals surface area (Å²) in [6.07, 6.45) is 26.3. The maximum absolute atomic E-state index is 10.8. The molecule has 2 nitrogen and oxygen atoms in total. The molecule has 0 bridgehead atoms. The summed E-state index contributed by atoms with van der Waals surface area (Å²) in [6, 6.07) is 0. The van der Waals surface area contributed by atoms with Gasteiger partial charge in [0.05, 0.1) is 6.10 Å². The van der Waals surface area contributed by atoms with Crippen molar-refractivity contribution >= 4 is 5.78 Å². The van der Waals surface area contributed by atoms with Crippen LogP contribution in [0.4, 0.5) is 0 Å². The third-order valence-corrected chi connectivity index (χ3v) is 5.71. The monoisotopic (exact) mass is 382 g/mol. The Balaban J connectivity index is 3.14. The highest BCUT2D eigenvalue weighted by Crippen LogP contribution is 2.15. The minimum Gasteiger partial charge on any atom is -0.393 e. The van der Waals surface area contributed by atoms with E-state index in [0.29, 0.717) is 5.78 Å². The second kappa shape index (κ2) is 21.9. The van der Waals surface area contributed by atoms with Gasteiger partial charge in [-0.25, -0.2) is 0 Å². The van der Waals surface area contributed by atoms with Crippen LogP contribution in [0.15, 0.2) is 0 Å². The van der Waals surface area contributed by atoms with Crippen LogP contribution in [0.2, 0.25) is 0 Å². The Labute approximate surface area is 170 Å². The van der Waals surface area contributed by atoms with Gasteiger partial charge in [0.2, 0.25) is 0 Å². The predicted octanol–water partition coefficient (Wildman–Crippen LogP) is 8.15. The molecule has 0 saturated carbocycles. The van der Waals surface area contributed by atoms with E-state index in [1.54, 1.807) is 6.92 Å². The highest BCUT2D eigenvalue weighted by Gasteiger charge is 2.03. The average molecular weight is 383 g/mol. The molecule has 0 fully saturated rings. The molecule has 0 radical (unpaired) electrons. The summed E-state index contributed by atoms with van der Waals surface area (Å²) in [5, 5.41) is 10.1. The lowest BCUT2D eigenvalue weighted by Crippen LogP contribution is -2.05. The normalized spacial score (nSPS) is 12.4. The van der Waals surface area contributed by atoms with Gasteiger partial charge in [-0.05, 0) is 26.2 Å². The van der Waals surface area contributed by atoms with Crippen molar-refractivity contribution in [3.05, 3.63) is 0 Å². The molecule has 1 atom stereocenters. The quantitative estimate of drug-likeness (QED) is 0.192. The van der Waals surface area contributed by atoms with Gasteiger partial charge in [0.15, 0.2) is 0 Å². The smallest absolute Gasteiger partial charge is 0.129 e. The van der Waals surface area contributed by atoms with Crippen LogP contribution in [-0.2, 0) is 4.79 Å². The van der Waals surface area contributed by atoms with Crippen LogP contribution in [0, 0.1) is 0 Å². The fourth-order valence-electron chi connectivity index (χ4n) is 3.83. The van der Waals surface area contributed by atoms with E-state index in [9.17, 15) is 9.90 Å². The summed E-state index contributed by atoms with van der Waals surface area (Å²) in [4.78, 5) is 10.8. The molecule has 2 heteroatoms. The summed E-state index contributed by atoms with van der Waals surface area (Å²) in [7, 11) is 0. The number of hydrogen-bond donors (Lipinski definition) is 1. The Bertz CT molecular complexity index is 301. The summed E-state index contributed by atoms with van der Waals surface area (Å²) < 4.78 is 0. The van der Waals surface area contributed by atoms with Crippen LogP contribution in [0.1, 0.15) is 149 Å². The van der Waals surface area contributed by atoms with E-state index >= 15 is 0 Å². The van der Waals surface area contributed by atoms with Crippen LogP contribution in [0.3, 0.4) is 0 Å². The van der Waals surface area contributed by atoms with Crippen LogP contribution >= 0.6 is 0 Å². The second-order valence-electron chi connectivity index (χ2n) is 8.69. The molecule has 27 heavy (non-hydrogen) atoms. The van der Waals surface area contributed by atoms with Crippen molar-refractivity contribution in [1.29, 1.82) is 0 Å². The van der Waals surface area contributed by atoms with Gasteiger partial charge in [-0.3, -0.25) is 0 Å². The SMILES string of the molecule is CCCCCCCCCCC(O)CCCCCCCCCCCCC(C)=O. The van der Waals surface area contributed by atoms with Gasteiger partial charge in [0.25, 0.3) is 0 Å². The molecule has 0 spiro atoms. The topological polar surface area (TPSA) is 37.3 Å². The van der Waals surface area contributed by atoms with Gasteiger partial charge in [-0.15, -0.1) is 0 Å². The maximum Gasteiger partial charge on any atom is 0.129 e. The zero-order chi connectivity index (χ0) is 20.0. The molecule has 0 aromatic rings. The molecule has 0 aliphatic heterocycles. The van der Waals surface area contributed by atoms with Crippen molar-refractivity contribution in [3.63, 3.8) is 0 Å². The number of hydrogen-bond acceptors (Lipinski definition) is 2. The van der Waals surface area contributed by atoms with E-state index in [1.807, 2.05) is 0 Å². The van der Waals surface area contributed by atoms with Crippen molar-refractivity contribution in [2.75, 3.05) is 0 Å². The first-order valence-electron chi connectivity index (χ1n) is 12.3. The van der Waals surface area contributed by atoms with E-state index in [-0.39, 0.29) is 6.10 Å². The maximum atomic E-state index is 10.8. The zero-order valence-electron chi connectivity index (χ0n) is 18.8. The average Bonchev–Trinajstić information content (AvgIpc) is 2.64. The number of unbranched alkanes of at least 4 members (excludes halogenated alkanes) is 16. The third kappa shape index (κ3) is 23.6. The molecule has 0 aromatic carbocycles. The molecule has 162 valence electrons. The Morgan fingerprint density at radius 2 is 0.926 bits per heavy atom. The van der Waals surface area contributed by atoms with E-state index in [0.717, 1.165) is 25.7 Å². The van der Waals surface area contributed by atoms with Gasteiger partial charge < -0.3 is 9.90 Å². The van der Waals surface area contributed by atoms with Crippen molar-refractivity contribution in [2.45, 2.75) is 155 Å². The lowest BCUT2D eigenvalue weighted by molar-refractivity contribution is -0.117. The van der Waals surface area contributed by atoms with Gasteiger partial charge >= 0.3 is 0 Å². The van der Waals surface area contributed by atoms with Crippen LogP contribution in [-0.4, -0.2) is 17.0 Å².